The van der Waals surface area contributed by atoms with Gasteiger partial charge in [0.15, 0.2) is 5.82 Å². The maximum absolute atomic E-state index is 13.1. The van der Waals surface area contributed by atoms with Crippen molar-refractivity contribution >= 4 is 23.3 Å². The van der Waals surface area contributed by atoms with Crippen LogP contribution in [0.4, 0.5) is 5.82 Å². The van der Waals surface area contributed by atoms with Crippen molar-refractivity contribution in [2.75, 3.05) is 4.90 Å². The molecule has 1 atom stereocenters. The van der Waals surface area contributed by atoms with Crippen LogP contribution in [0.2, 0.25) is 0 Å². The van der Waals surface area contributed by atoms with Gasteiger partial charge < -0.3 is 10.2 Å². The Labute approximate surface area is 185 Å². The third-order valence-electron chi connectivity index (χ3n) is 5.53. The van der Waals surface area contributed by atoms with Gasteiger partial charge in [0, 0.05) is 5.56 Å². The van der Waals surface area contributed by atoms with Crippen LogP contribution in [0, 0.1) is 6.92 Å². The molecule has 0 radical (unpaired) electrons. The molecule has 162 valence electrons. The molecule has 7 heteroatoms. The zero-order valence-electron chi connectivity index (χ0n) is 18.0. The van der Waals surface area contributed by atoms with Crippen molar-refractivity contribution in [3.05, 3.63) is 88.6 Å². The van der Waals surface area contributed by atoms with Gasteiger partial charge in [-0.25, -0.2) is 0 Å². The minimum atomic E-state index is -0.919. The molecule has 0 saturated carbocycles. The van der Waals surface area contributed by atoms with Crippen LogP contribution >= 0.6 is 0 Å². The highest BCUT2D eigenvalue weighted by atomic mass is 16.3. The third kappa shape index (κ3) is 3.73. The first-order valence-electron chi connectivity index (χ1n) is 10.3. The topological polar surface area (TPSA) is 104 Å². The number of hydrogen-bond acceptors (Lipinski definition) is 6. The predicted octanol–water partition coefficient (Wildman–Crippen LogP) is 4.24. The minimum Gasteiger partial charge on any atom is -0.508 e. The van der Waals surface area contributed by atoms with Gasteiger partial charge >= 0.3 is 5.91 Å². The maximum Gasteiger partial charge on any atom is 0.301 e. The Morgan fingerprint density at radius 2 is 1.59 bits per heavy atom. The normalized spacial score (nSPS) is 17.9. The van der Waals surface area contributed by atoms with E-state index in [0.717, 1.165) is 5.56 Å². The molecule has 1 aliphatic heterocycles. The number of benzene rings is 2. The van der Waals surface area contributed by atoms with Crippen LogP contribution < -0.4 is 4.90 Å². The average molecular weight is 429 g/mol. The van der Waals surface area contributed by atoms with Crippen LogP contribution in [-0.4, -0.2) is 32.1 Å². The summed E-state index contributed by atoms with van der Waals surface area (Å²) >= 11 is 0. The highest BCUT2D eigenvalue weighted by Crippen LogP contribution is 2.41. The number of aliphatic hydroxyl groups is 1. The molecule has 1 amide bonds. The first-order valence-corrected chi connectivity index (χ1v) is 10.3. The molecule has 1 aliphatic rings. The number of aromatic hydroxyl groups is 1. The van der Waals surface area contributed by atoms with Crippen LogP contribution in [-0.2, 0) is 9.59 Å². The Morgan fingerprint density at radius 1 is 0.938 bits per heavy atom. The van der Waals surface area contributed by atoms with E-state index in [4.69, 9.17) is 0 Å². The number of phenols is 1. The van der Waals surface area contributed by atoms with Crippen LogP contribution in [0.3, 0.4) is 0 Å². The lowest BCUT2D eigenvalue weighted by atomic mass is 9.94. The Morgan fingerprint density at radius 3 is 2.16 bits per heavy atom. The fourth-order valence-corrected chi connectivity index (χ4v) is 3.74. The van der Waals surface area contributed by atoms with Gasteiger partial charge in [0.05, 0.1) is 17.3 Å². The number of carbonyl (C=O) groups is 2. The molecule has 32 heavy (non-hydrogen) atoms. The summed E-state index contributed by atoms with van der Waals surface area (Å²) in [6.07, 6.45) is 0. The average Bonchev–Trinajstić information content (AvgIpc) is 3.05. The molecule has 7 nitrogen and oxygen atoms in total. The number of anilines is 1. The van der Waals surface area contributed by atoms with Crippen LogP contribution in [0.5, 0.6) is 5.75 Å². The molecule has 0 bridgehead atoms. The SMILES string of the molecule is Cc1ccc(N2C(=O)C(=O)C(=C(O)c3ccc(C(C)C)cc3)C2c2ccc(O)cc2)nn1. The highest BCUT2D eigenvalue weighted by molar-refractivity contribution is 6.51. The van der Waals surface area contributed by atoms with Crippen molar-refractivity contribution in [1.82, 2.24) is 10.2 Å². The van der Waals surface area contributed by atoms with Crippen molar-refractivity contribution in [3.8, 4) is 5.75 Å². The number of aliphatic hydroxyl groups excluding tert-OH is 1. The summed E-state index contributed by atoms with van der Waals surface area (Å²) in [4.78, 5) is 27.4. The summed E-state index contributed by atoms with van der Waals surface area (Å²) in [5.41, 5.74) is 2.69. The van der Waals surface area contributed by atoms with Crippen molar-refractivity contribution in [1.29, 1.82) is 0 Å². The van der Waals surface area contributed by atoms with Crippen LogP contribution in [0.25, 0.3) is 5.76 Å². The highest BCUT2D eigenvalue weighted by Gasteiger charge is 2.47. The van der Waals surface area contributed by atoms with E-state index in [9.17, 15) is 19.8 Å². The summed E-state index contributed by atoms with van der Waals surface area (Å²) in [5, 5.41) is 28.9. The van der Waals surface area contributed by atoms with E-state index in [1.54, 1.807) is 43.3 Å². The molecular formula is C25H23N3O4. The maximum atomic E-state index is 13.1. The number of aromatic nitrogens is 2. The number of phenolic OH excluding ortho intramolecular Hbond substituents is 1. The molecule has 1 fully saturated rings. The van der Waals surface area contributed by atoms with Crippen molar-refractivity contribution in [3.63, 3.8) is 0 Å². The lowest BCUT2D eigenvalue weighted by Crippen LogP contribution is -2.30. The fraction of sp³-hybridized carbons (Fsp3) is 0.200. The minimum absolute atomic E-state index is 0.0413. The molecule has 2 heterocycles. The summed E-state index contributed by atoms with van der Waals surface area (Å²) < 4.78 is 0. The molecule has 2 N–H and O–H groups in total. The van der Waals surface area contributed by atoms with Gasteiger partial charge in [-0.3, -0.25) is 14.5 Å². The smallest absolute Gasteiger partial charge is 0.301 e. The molecule has 0 spiro atoms. The second-order valence-corrected chi connectivity index (χ2v) is 8.07. The Balaban J connectivity index is 1.90. The number of ketones is 1. The molecule has 2 aromatic carbocycles. The van der Waals surface area contributed by atoms with Crippen LogP contribution in [0.1, 0.15) is 48.2 Å². The molecule has 1 aromatic heterocycles. The summed E-state index contributed by atoms with van der Waals surface area (Å²) in [6, 6.07) is 15.8. The fourth-order valence-electron chi connectivity index (χ4n) is 3.74. The standard InChI is InChI=1S/C25H23N3O4/c1-14(2)16-5-7-18(8-6-16)23(30)21-22(17-9-11-19(29)12-10-17)28(25(32)24(21)31)20-13-4-15(3)26-27-20/h4-14,22,29-30H,1-3H3. The van der Waals surface area contributed by atoms with Gasteiger partial charge in [0.25, 0.3) is 5.78 Å². The van der Waals surface area contributed by atoms with E-state index >= 15 is 0 Å². The molecule has 3 aromatic rings. The number of carbonyl (C=O) groups excluding carboxylic acids is 2. The Bertz CT molecular complexity index is 1200. The molecular weight excluding hydrogens is 406 g/mol. The van der Waals surface area contributed by atoms with E-state index in [1.165, 1.54) is 17.0 Å². The van der Waals surface area contributed by atoms with Gasteiger partial charge in [0.1, 0.15) is 11.5 Å². The van der Waals surface area contributed by atoms with Gasteiger partial charge in [-0.2, -0.15) is 5.10 Å². The largest absolute Gasteiger partial charge is 0.508 e. The number of Topliss-reactive ketones (excluding diaryl/α,β-unsaturated/α-hetero) is 1. The number of aryl methyl sites for hydroxylation is 1. The molecule has 1 saturated heterocycles. The van der Waals surface area contributed by atoms with E-state index in [0.29, 0.717) is 22.7 Å². The number of rotatable bonds is 4. The summed E-state index contributed by atoms with van der Waals surface area (Å²) in [7, 11) is 0. The van der Waals surface area contributed by atoms with Crippen molar-refractivity contribution < 1.29 is 19.8 Å². The number of nitrogens with zero attached hydrogens (tertiary/aromatic N) is 3. The Hall–Kier alpha value is -4.00. The number of amides is 1. The predicted molar refractivity (Wildman–Crippen MR) is 120 cm³/mol. The van der Waals surface area contributed by atoms with E-state index in [2.05, 4.69) is 24.0 Å². The van der Waals surface area contributed by atoms with Crippen LogP contribution in [0.15, 0.2) is 66.2 Å². The van der Waals surface area contributed by atoms with Gasteiger partial charge in [-0.15, -0.1) is 5.10 Å². The zero-order chi connectivity index (χ0) is 23.0. The summed E-state index contributed by atoms with van der Waals surface area (Å²) in [6.45, 7) is 5.89. The lowest BCUT2D eigenvalue weighted by Gasteiger charge is -2.24. The number of hydrogen-bond donors (Lipinski definition) is 2. The van der Waals surface area contributed by atoms with E-state index in [-0.39, 0.29) is 22.9 Å². The molecule has 0 aliphatic carbocycles. The van der Waals surface area contributed by atoms with E-state index < -0.39 is 17.7 Å². The lowest BCUT2D eigenvalue weighted by molar-refractivity contribution is -0.132. The zero-order valence-corrected chi connectivity index (χ0v) is 18.0. The quantitative estimate of drug-likeness (QED) is 0.365. The monoisotopic (exact) mass is 429 g/mol. The van der Waals surface area contributed by atoms with E-state index in [1.807, 2.05) is 12.1 Å². The molecule has 1 unspecified atom stereocenters. The molecule has 4 rings (SSSR count). The van der Waals surface area contributed by atoms with Gasteiger partial charge in [-0.1, -0.05) is 50.2 Å². The van der Waals surface area contributed by atoms with Gasteiger partial charge in [0.2, 0.25) is 0 Å². The first kappa shape index (κ1) is 21.2. The second kappa shape index (κ2) is 8.26. The van der Waals surface area contributed by atoms with Crippen molar-refractivity contribution in [2.24, 2.45) is 0 Å². The second-order valence-electron chi connectivity index (χ2n) is 8.07. The summed E-state index contributed by atoms with van der Waals surface area (Å²) in [5.74, 6) is -1.32. The van der Waals surface area contributed by atoms with Gasteiger partial charge in [-0.05, 0) is 48.2 Å². The first-order chi connectivity index (χ1) is 15.3. The Kier molecular flexibility index (Phi) is 5.48. The van der Waals surface area contributed by atoms with Crippen molar-refractivity contribution in [2.45, 2.75) is 32.7 Å². The third-order valence-corrected chi connectivity index (χ3v) is 5.53.